The van der Waals surface area contributed by atoms with E-state index < -0.39 is 0 Å². The molecule has 0 radical (unpaired) electrons. The first-order valence-corrected chi connectivity index (χ1v) is 22.6. The number of fused-ring (bicyclic) bond motifs is 8. The maximum Gasteiger partial charge on any atom is 0.151 e. The predicted octanol–water partition coefficient (Wildman–Crippen LogP) is 17.2. The van der Waals surface area contributed by atoms with E-state index in [9.17, 15) is 0 Å². The second kappa shape index (κ2) is 15.4. The lowest BCUT2D eigenvalue weighted by atomic mass is 9.81. The van der Waals surface area contributed by atoms with E-state index in [0.29, 0.717) is 0 Å². The van der Waals surface area contributed by atoms with Gasteiger partial charge in [-0.1, -0.05) is 154 Å². The number of nitrogens with zero attached hydrogens (tertiary/aromatic N) is 2. The third kappa shape index (κ3) is 6.29. The van der Waals surface area contributed by atoms with Crippen molar-refractivity contribution in [3.8, 4) is 39.5 Å². The lowest BCUT2D eigenvalue weighted by Crippen LogP contribution is -2.23. The molecule has 4 heteroatoms. The molecule has 0 aromatic heterocycles. The van der Waals surface area contributed by atoms with E-state index in [1.165, 1.54) is 66.1 Å². The van der Waals surface area contributed by atoms with Gasteiger partial charge in [0.1, 0.15) is 0 Å². The molecular weight excluding hydrogens is 805 g/mol. The smallest absolute Gasteiger partial charge is 0.151 e. The highest BCUT2D eigenvalue weighted by atomic mass is 16.5. The second-order valence-electron chi connectivity index (χ2n) is 17.7. The van der Waals surface area contributed by atoms with Crippen molar-refractivity contribution in [2.24, 2.45) is 0 Å². The van der Waals surface area contributed by atoms with Crippen LogP contribution < -0.4 is 19.3 Å². The second-order valence-corrected chi connectivity index (χ2v) is 17.7. The molecule has 1 aliphatic carbocycles. The van der Waals surface area contributed by atoms with Crippen LogP contribution in [0.5, 0.6) is 17.2 Å². The normalized spacial score (nSPS) is 14.5. The fourth-order valence-corrected chi connectivity index (χ4v) is 10.3. The lowest BCUT2D eigenvalue weighted by Gasteiger charge is -2.34. The minimum atomic E-state index is -0.213. The molecule has 0 fully saturated rings. The molecule has 66 heavy (non-hydrogen) atoms. The maximum atomic E-state index is 6.35. The first kappa shape index (κ1) is 39.3. The van der Waals surface area contributed by atoms with E-state index in [0.717, 1.165) is 57.1 Å². The largest absolute Gasteiger partial charge is 0.453 e. The Morgan fingerprint density at radius 2 is 1.06 bits per heavy atom. The highest BCUT2D eigenvalue weighted by molar-refractivity contribution is 6.04. The van der Waals surface area contributed by atoms with Crippen LogP contribution in [-0.2, 0) is 5.41 Å². The molecule has 0 amide bonds. The van der Waals surface area contributed by atoms with Gasteiger partial charge in [-0.25, -0.2) is 0 Å². The summed E-state index contributed by atoms with van der Waals surface area (Å²) in [5.74, 6) is 3.30. The zero-order valence-corrected chi connectivity index (χ0v) is 37.1. The zero-order valence-electron chi connectivity index (χ0n) is 37.1. The van der Waals surface area contributed by atoms with E-state index in [1.54, 1.807) is 0 Å². The maximum absolute atomic E-state index is 6.35. The third-order valence-electron chi connectivity index (χ3n) is 13.5. The van der Waals surface area contributed by atoms with E-state index in [2.05, 4.69) is 188 Å². The van der Waals surface area contributed by atoms with Gasteiger partial charge in [-0.15, -0.1) is 0 Å². The van der Waals surface area contributed by atoms with Crippen molar-refractivity contribution in [3.05, 3.63) is 241 Å². The van der Waals surface area contributed by atoms with Gasteiger partial charge in [0.15, 0.2) is 23.0 Å². The Morgan fingerprint density at radius 3 is 1.79 bits per heavy atom. The van der Waals surface area contributed by atoms with Gasteiger partial charge in [0, 0.05) is 16.8 Å². The predicted molar refractivity (Wildman–Crippen MR) is 276 cm³/mol. The van der Waals surface area contributed by atoms with Crippen LogP contribution in [0, 0.1) is 0 Å². The Hall–Kier alpha value is -8.34. The van der Waals surface area contributed by atoms with Crippen molar-refractivity contribution in [1.29, 1.82) is 0 Å². The van der Waals surface area contributed by atoms with Crippen molar-refractivity contribution in [3.63, 3.8) is 0 Å². The van der Waals surface area contributed by atoms with Crippen LogP contribution in [0.2, 0.25) is 0 Å². The summed E-state index contributed by atoms with van der Waals surface area (Å²) in [5.41, 5.74) is 15.9. The van der Waals surface area contributed by atoms with Crippen molar-refractivity contribution < 1.29 is 9.47 Å². The number of allylic oxidation sites excluding steroid dienone is 3. The van der Waals surface area contributed by atoms with E-state index in [1.807, 2.05) is 61.5 Å². The molecule has 0 N–H and O–H groups in total. The average Bonchev–Trinajstić information content (AvgIpc) is 3.58. The van der Waals surface area contributed by atoms with Gasteiger partial charge in [0.25, 0.3) is 0 Å². The Kier molecular flexibility index (Phi) is 9.18. The highest BCUT2D eigenvalue weighted by Crippen LogP contribution is 2.53. The van der Waals surface area contributed by atoms with Gasteiger partial charge >= 0.3 is 0 Å². The third-order valence-corrected chi connectivity index (χ3v) is 13.5. The van der Waals surface area contributed by atoms with Crippen molar-refractivity contribution in [2.75, 3.05) is 9.80 Å². The molecule has 0 spiro atoms. The fourth-order valence-electron chi connectivity index (χ4n) is 10.3. The molecule has 9 aromatic rings. The number of para-hydroxylation sites is 6. The molecule has 316 valence electrons. The van der Waals surface area contributed by atoms with Gasteiger partial charge in [0.05, 0.1) is 22.8 Å². The van der Waals surface area contributed by atoms with Crippen LogP contribution in [0.3, 0.4) is 0 Å². The van der Waals surface area contributed by atoms with Crippen LogP contribution >= 0.6 is 0 Å². The van der Waals surface area contributed by atoms with Gasteiger partial charge in [0.2, 0.25) is 0 Å². The Labute approximate surface area is 385 Å². The molecule has 0 saturated heterocycles. The number of benzene rings is 9. The monoisotopic (exact) mass is 850 g/mol. The minimum absolute atomic E-state index is 0.213. The quantitative estimate of drug-likeness (QED) is 0.149. The van der Waals surface area contributed by atoms with Crippen LogP contribution in [0.15, 0.2) is 218 Å². The summed E-state index contributed by atoms with van der Waals surface area (Å²) in [4.78, 5) is 4.56. The van der Waals surface area contributed by atoms with Crippen LogP contribution in [0.4, 0.5) is 28.4 Å². The Morgan fingerprint density at radius 1 is 0.485 bits per heavy atom. The molecule has 9 aromatic carbocycles. The average molecular weight is 851 g/mol. The molecule has 2 aliphatic heterocycles. The number of hydrogen-bond acceptors (Lipinski definition) is 4. The standard InChI is InChI=1S/C62H46N2O2/c1-5-15-58-54(6-2)63(55-18-9-12-21-59(55)65-58)46-32-35-51-50-33-25-40(36-52(50)62(3,4)53(51)39-46)24-26-41-30-34-48(49-17-8-7-16-47(41)49)44-28-27-43-38-45(31-29-42(43)37-44)64-56-19-10-13-22-60(56)66-61-23-14-11-20-57(61)64/h5-39H,2H2,1,3-4H3/b15-5-,26-24+. The van der Waals surface area contributed by atoms with E-state index >= 15 is 0 Å². The summed E-state index contributed by atoms with van der Waals surface area (Å²) in [6, 6.07) is 65.3. The summed E-state index contributed by atoms with van der Waals surface area (Å²) < 4.78 is 12.6. The first-order valence-electron chi connectivity index (χ1n) is 22.6. The van der Waals surface area contributed by atoms with Crippen molar-refractivity contribution in [1.82, 2.24) is 0 Å². The molecule has 12 rings (SSSR count). The minimum Gasteiger partial charge on any atom is -0.453 e. The van der Waals surface area contributed by atoms with Gasteiger partial charge in [-0.05, 0) is 152 Å². The molecule has 0 atom stereocenters. The summed E-state index contributed by atoms with van der Waals surface area (Å²) in [6.07, 6.45) is 10.4. The van der Waals surface area contributed by atoms with Crippen LogP contribution in [0.1, 0.15) is 43.0 Å². The molecule has 0 bridgehead atoms. The van der Waals surface area contributed by atoms with Crippen LogP contribution in [-0.4, -0.2) is 0 Å². The molecule has 3 aliphatic rings. The van der Waals surface area contributed by atoms with Gasteiger partial charge in [-0.3, -0.25) is 0 Å². The number of anilines is 5. The summed E-state index contributed by atoms with van der Waals surface area (Å²) >= 11 is 0. The summed E-state index contributed by atoms with van der Waals surface area (Å²) in [6.45, 7) is 10.9. The Balaban J connectivity index is 0.844. The van der Waals surface area contributed by atoms with Gasteiger partial charge in [-0.2, -0.15) is 0 Å². The number of rotatable bonds is 7. The molecule has 0 unspecified atom stereocenters. The van der Waals surface area contributed by atoms with Gasteiger partial charge < -0.3 is 19.3 Å². The SMILES string of the molecule is C=CC1=C(/C=C\C)Oc2ccccc2N1c1ccc2c(c1)C(C)(C)c1cc(/C=C/c3ccc(-c4ccc5cc(N6c7ccccc7Oc7ccccc76)ccc5c4)c4ccccc34)ccc1-2. The molecule has 4 nitrogen and oxygen atoms in total. The number of hydrogen-bond donors (Lipinski definition) is 0. The zero-order chi connectivity index (χ0) is 44.5. The highest BCUT2D eigenvalue weighted by Gasteiger charge is 2.37. The molecule has 2 heterocycles. The Bertz CT molecular complexity index is 3530. The summed E-state index contributed by atoms with van der Waals surface area (Å²) in [5, 5.41) is 4.83. The molecular formula is C62H46N2O2. The fraction of sp³-hybridized carbons (Fsp3) is 0.0645. The number of ether oxygens (including phenoxy) is 2. The van der Waals surface area contributed by atoms with Crippen molar-refractivity contribution >= 4 is 62.1 Å². The van der Waals surface area contributed by atoms with E-state index in [4.69, 9.17) is 9.47 Å². The van der Waals surface area contributed by atoms with Crippen molar-refractivity contribution in [2.45, 2.75) is 26.2 Å². The molecule has 0 saturated carbocycles. The van der Waals surface area contributed by atoms with E-state index in [-0.39, 0.29) is 5.41 Å². The topological polar surface area (TPSA) is 24.9 Å². The summed E-state index contributed by atoms with van der Waals surface area (Å²) in [7, 11) is 0. The first-order chi connectivity index (χ1) is 32.4. The van der Waals surface area contributed by atoms with Crippen LogP contribution in [0.25, 0.3) is 56.0 Å². The lowest BCUT2D eigenvalue weighted by molar-refractivity contribution is 0.430.